The molecule has 1 heterocycles. The van der Waals surface area contributed by atoms with Crippen LogP contribution in [-0.2, 0) is 9.53 Å². The number of ether oxygens (including phenoxy) is 2. The van der Waals surface area contributed by atoms with Crippen molar-refractivity contribution in [1.29, 1.82) is 0 Å². The average Bonchev–Trinajstić information content (AvgIpc) is 2.92. The Morgan fingerprint density at radius 1 is 1.50 bits per heavy atom. The Labute approximate surface area is 124 Å². The summed E-state index contributed by atoms with van der Waals surface area (Å²) in [6.45, 7) is 2.58. The van der Waals surface area contributed by atoms with Gasteiger partial charge in [-0.2, -0.15) is 11.8 Å². The Kier molecular flexibility index (Phi) is 5.31. The van der Waals surface area contributed by atoms with Crippen LogP contribution in [0.3, 0.4) is 0 Å². The molecular formula is C15H21NO3S. The lowest BCUT2D eigenvalue weighted by Gasteiger charge is -2.26. The van der Waals surface area contributed by atoms with E-state index in [1.165, 1.54) is 0 Å². The molecule has 20 heavy (non-hydrogen) atoms. The lowest BCUT2D eigenvalue weighted by molar-refractivity contribution is -0.124. The van der Waals surface area contributed by atoms with Crippen molar-refractivity contribution in [2.24, 2.45) is 0 Å². The lowest BCUT2D eigenvalue weighted by atomic mass is 10.0. The summed E-state index contributed by atoms with van der Waals surface area (Å²) in [6, 6.07) is 7.67. The van der Waals surface area contributed by atoms with Crippen molar-refractivity contribution in [3.05, 3.63) is 29.8 Å². The quantitative estimate of drug-likeness (QED) is 0.872. The molecule has 2 rings (SSSR count). The van der Waals surface area contributed by atoms with Crippen molar-refractivity contribution < 1.29 is 14.3 Å². The predicted molar refractivity (Wildman–Crippen MR) is 81.4 cm³/mol. The van der Waals surface area contributed by atoms with Gasteiger partial charge in [0.2, 0.25) is 0 Å². The molecule has 1 unspecified atom stereocenters. The second kappa shape index (κ2) is 6.99. The molecule has 1 aromatic carbocycles. The number of amides is 1. The number of carbonyl (C=O) groups is 1. The van der Waals surface area contributed by atoms with Gasteiger partial charge in [0.1, 0.15) is 5.75 Å². The summed E-state index contributed by atoms with van der Waals surface area (Å²) in [5.74, 6) is 2.63. The third-order valence-corrected chi connectivity index (χ3v) is 4.69. The smallest absolute Gasteiger partial charge is 0.258 e. The molecule has 0 bridgehead atoms. The number of hydrogen-bond acceptors (Lipinski definition) is 4. The molecule has 1 aromatic rings. The standard InChI is InChI=1S/C15H21NO3S/c1-12-4-3-5-13(8-12)19-9-14(17)16-10-15(18-2)6-7-20-11-15/h3-5,8H,6-7,9-11H2,1-2H3,(H,16,17). The van der Waals surface area contributed by atoms with Crippen LogP contribution in [0.25, 0.3) is 0 Å². The van der Waals surface area contributed by atoms with E-state index in [-0.39, 0.29) is 18.1 Å². The molecule has 1 fully saturated rings. The van der Waals surface area contributed by atoms with Crippen molar-refractivity contribution in [3.63, 3.8) is 0 Å². The summed E-state index contributed by atoms with van der Waals surface area (Å²) in [5.41, 5.74) is 0.910. The van der Waals surface area contributed by atoms with E-state index in [1.54, 1.807) is 7.11 Å². The molecule has 1 saturated heterocycles. The maximum absolute atomic E-state index is 11.8. The van der Waals surface area contributed by atoms with Crippen LogP contribution in [0.15, 0.2) is 24.3 Å². The second-order valence-corrected chi connectivity index (χ2v) is 6.18. The topological polar surface area (TPSA) is 47.6 Å². The highest BCUT2D eigenvalue weighted by Crippen LogP contribution is 2.30. The molecule has 1 aliphatic rings. The molecule has 110 valence electrons. The maximum Gasteiger partial charge on any atom is 0.258 e. The summed E-state index contributed by atoms with van der Waals surface area (Å²) in [6.07, 6.45) is 0.979. The third kappa shape index (κ3) is 4.15. The summed E-state index contributed by atoms with van der Waals surface area (Å²) >= 11 is 1.86. The highest BCUT2D eigenvalue weighted by molar-refractivity contribution is 7.99. The van der Waals surface area contributed by atoms with E-state index in [4.69, 9.17) is 9.47 Å². The summed E-state index contributed by atoms with van der Waals surface area (Å²) in [7, 11) is 1.71. The van der Waals surface area contributed by atoms with Gasteiger partial charge < -0.3 is 14.8 Å². The predicted octanol–water partition coefficient (Wildman–Crippen LogP) is 2.01. The molecule has 1 aliphatic heterocycles. The van der Waals surface area contributed by atoms with E-state index in [1.807, 2.05) is 43.0 Å². The Hall–Kier alpha value is -1.20. The number of nitrogens with one attached hydrogen (secondary N) is 1. The zero-order valence-corrected chi connectivity index (χ0v) is 12.8. The first-order valence-electron chi connectivity index (χ1n) is 6.73. The van der Waals surface area contributed by atoms with Crippen molar-refractivity contribution in [2.75, 3.05) is 31.8 Å². The van der Waals surface area contributed by atoms with Gasteiger partial charge in [-0.3, -0.25) is 4.79 Å². The minimum atomic E-state index is -0.205. The first-order chi connectivity index (χ1) is 9.63. The molecule has 0 aromatic heterocycles. The van der Waals surface area contributed by atoms with Crippen LogP contribution in [0.1, 0.15) is 12.0 Å². The molecule has 1 atom stereocenters. The zero-order chi connectivity index (χ0) is 14.4. The van der Waals surface area contributed by atoms with Crippen molar-refractivity contribution in [1.82, 2.24) is 5.32 Å². The number of benzene rings is 1. The number of rotatable bonds is 6. The SMILES string of the molecule is COC1(CNC(=O)COc2cccc(C)c2)CCSC1. The Morgan fingerprint density at radius 2 is 2.35 bits per heavy atom. The van der Waals surface area contributed by atoms with Crippen LogP contribution >= 0.6 is 11.8 Å². The number of carbonyl (C=O) groups excluding carboxylic acids is 1. The molecule has 0 spiro atoms. The Bertz CT molecular complexity index is 458. The summed E-state index contributed by atoms with van der Waals surface area (Å²) in [5, 5.41) is 2.90. The van der Waals surface area contributed by atoms with E-state index < -0.39 is 0 Å². The van der Waals surface area contributed by atoms with E-state index >= 15 is 0 Å². The highest BCUT2D eigenvalue weighted by atomic mass is 32.2. The van der Waals surface area contributed by atoms with Gasteiger partial charge in [0.15, 0.2) is 6.61 Å². The zero-order valence-electron chi connectivity index (χ0n) is 12.0. The second-order valence-electron chi connectivity index (χ2n) is 5.07. The van der Waals surface area contributed by atoms with Gasteiger partial charge in [0.05, 0.1) is 5.60 Å². The van der Waals surface area contributed by atoms with E-state index in [0.717, 1.165) is 29.2 Å². The molecule has 0 aliphatic carbocycles. The van der Waals surface area contributed by atoms with E-state index in [9.17, 15) is 4.79 Å². The van der Waals surface area contributed by atoms with Gasteiger partial charge >= 0.3 is 0 Å². The largest absolute Gasteiger partial charge is 0.484 e. The Balaban J connectivity index is 1.75. The van der Waals surface area contributed by atoms with Gasteiger partial charge in [-0.15, -0.1) is 0 Å². The van der Waals surface area contributed by atoms with Gasteiger partial charge in [-0.1, -0.05) is 12.1 Å². The number of aryl methyl sites for hydroxylation is 1. The van der Waals surface area contributed by atoms with Crippen molar-refractivity contribution in [2.45, 2.75) is 18.9 Å². The molecular weight excluding hydrogens is 274 g/mol. The molecule has 1 N–H and O–H groups in total. The monoisotopic (exact) mass is 295 g/mol. The number of hydrogen-bond donors (Lipinski definition) is 1. The van der Waals surface area contributed by atoms with Crippen LogP contribution in [0.5, 0.6) is 5.75 Å². The molecule has 4 nitrogen and oxygen atoms in total. The van der Waals surface area contributed by atoms with Gasteiger partial charge in [0, 0.05) is 19.4 Å². The third-order valence-electron chi connectivity index (χ3n) is 3.47. The summed E-state index contributed by atoms with van der Waals surface area (Å²) < 4.78 is 11.0. The molecule has 0 radical (unpaired) electrons. The van der Waals surface area contributed by atoms with E-state index in [2.05, 4.69) is 5.32 Å². The van der Waals surface area contributed by atoms with Gasteiger partial charge in [0.25, 0.3) is 5.91 Å². The molecule has 0 saturated carbocycles. The van der Waals surface area contributed by atoms with Crippen LogP contribution in [0.2, 0.25) is 0 Å². The normalized spacial score (nSPS) is 21.7. The minimum absolute atomic E-state index is 0.0381. The number of thioether (sulfide) groups is 1. The van der Waals surface area contributed by atoms with Gasteiger partial charge in [-0.25, -0.2) is 0 Å². The molecule has 1 amide bonds. The Morgan fingerprint density at radius 3 is 3.00 bits per heavy atom. The first kappa shape index (κ1) is 15.2. The lowest BCUT2D eigenvalue weighted by Crippen LogP contribution is -2.45. The first-order valence-corrected chi connectivity index (χ1v) is 7.88. The van der Waals surface area contributed by atoms with E-state index in [0.29, 0.717) is 6.54 Å². The van der Waals surface area contributed by atoms with Crippen molar-refractivity contribution >= 4 is 17.7 Å². The number of methoxy groups -OCH3 is 1. The maximum atomic E-state index is 11.8. The highest BCUT2D eigenvalue weighted by Gasteiger charge is 2.34. The van der Waals surface area contributed by atoms with Gasteiger partial charge in [-0.05, 0) is 36.8 Å². The summed E-state index contributed by atoms with van der Waals surface area (Å²) in [4.78, 5) is 11.8. The fourth-order valence-corrected chi connectivity index (χ4v) is 3.52. The minimum Gasteiger partial charge on any atom is -0.484 e. The van der Waals surface area contributed by atoms with Crippen LogP contribution in [0.4, 0.5) is 0 Å². The molecule has 5 heteroatoms. The van der Waals surface area contributed by atoms with Crippen LogP contribution < -0.4 is 10.1 Å². The van der Waals surface area contributed by atoms with Crippen LogP contribution in [0, 0.1) is 6.92 Å². The fourth-order valence-electron chi connectivity index (χ4n) is 2.13. The fraction of sp³-hybridized carbons (Fsp3) is 0.533. The average molecular weight is 295 g/mol. The van der Waals surface area contributed by atoms with Crippen molar-refractivity contribution in [3.8, 4) is 5.75 Å². The van der Waals surface area contributed by atoms with Crippen LogP contribution in [-0.4, -0.2) is 43.3 Å².